The lowest BCUT2D eigenvalue weighted by Crippen LogP contribution is -2.35. The van der Waals surface area contributed by atoms with Crippen molar-refractivity contribution in [2.45, 2.75) is 19.9 Å². The molecule has 28 heavy (non-hydrogen) atoms. The molecule has 1 heterocycles. The molecule has 1 aliphatic rings. The van der Waals surface area contributed by atoms with Gasteiger partial charge in [-0.3, -0.25) is 4.90 Å². The molecular formula is C22H29N3O3. The molecule has 0 radical (unpaired) electrons. The Kier molecular flexibility index (Phi) is 7.70. The van der Waals surface area contributed by atoms with E-state index in [1.807, 2.05) is 43.3 Å². The molecule has 2 amide bonds. The number of morpholine rings is 1. The Morgan fingerprint density at radius 3 is 2.61 bits per heavy atom. The first kappa shape index (κ1) is 20.2. The topological polar surface area (TPSA) is 62.8 Å². The summed E-state index contributed by atoms with van der Waals surface area (Å²) >= 11 is 0. The van der Waals surface area contributed by atoms with Crippen molar-refractivity contribution in [3.8, 4) is 5.75 Å². The van der Waals surface area contributed by atoms with Crippen molar-refractivity contribution in [3.63, 3.8) is 0 Å². The standard InChI is InChI=1S/C22H29N3O3/c1-2-28-21-6-4-3-5-19(21)11-12-23-22(26)24-20-9-7-18(8-10-20)17-25-13-15-27-16-14-25/h3-10H,2,11-17H2,1H3,(H2,23,24,26). The minimum absolute atomic E-state index is 0.199. The van der Waals surface area contributed by atoms with Crippen LogP contribution in [0, 0.1) is 0 Å². The summed E-state index contributed by atoms with van der Waals surface area (Å²) in [6.07, 6.45) is 0.724. The average Bonchev–Trinajstić information content (AvgIpc) is 2.72. The molecule has 1 aliphatic heterocycles. The summed E-state index contributed by atoms with van der Waals surface area (Å²) in [5, 5.41) is 5.79. The van der Waals surface area contributed by atoms with Crippen molar-refractivity contribution < 1.29 is 14.3 Å². The Morgan fingerprint density at radius 2 is 1.86 bits per heavy atom. The van der Waals surface area contributed by atoms with E-state index in [1.54, 1.807) is 0 Å². The van der Waals surface area contributed by atoms with Crippen molar-refractivity contribution in [3.05, 3.63) is 59.7 Å². The van der Waals surface area contributed by atoms with Crippen molar-refractivity contribution in [2.75, 3.05) is 44.8 Å². The summed E-state index contributed by atoms with van der Waals surface area (Å²) in [5.74, 6) is 0.878. The fourth-order valence-electron chi connectivity index (χ4n) is 3.20. The summed E-state index contributed by atoms with van der Waals surface area (Å²) in [7, 11) is 0. The van der Waals surface area contributed by atoms with E-state index in [2.05, 4.69) is 27.7 Å². The van der Waals surface area contributed by atoms with Crippen molar-refractivity contribution in [1.82, 2.24) is 10.2 Å². The second-order valence-corrected chi connectivity index (χ2v) is 6.76. The molecule has 0 aliphatic carbocycles. The molecule has 2 N–H and O–H groups in total. The summed E-state index contributed by atoms with van der Waals surface area (Å²) in [6.45, 7) is 7.59. The molecule has 0 unspecified atom stereocenters. The number of amides is 2. The normalized spacial score (nSPS) is 14.5. The highest BCUT2D eigenvalue weighted by atomic mass is 16.5. The molecule has 0 atom stereocenters. The van der Waals surface area contributed by atoms with Gasteiger partial charge in [-0.1, -0.05) is 30.3 Å². The molecule has 0 spiro atoms. The number of para-hydroxylation sites is 1. The third kappa shape index (κ3) is 6.25. The number of hydrogen-bond acceptors (Lipinski definition) is 4. The Bertz CT molecular complexity index is 743. The average molecular weight is 383 g/mol. The number of rotatable bonds is 8. The van der Waals surface area contributed by atoms with Gasteiger partial charge in [-0.15, -0.1) is 0 Å². The first-order valence-corrected chi connectivity index (χ1v) is 9.89. The fraction of sp³-hybridized carbons (Fsp3) is 0.409. The summed E-state index contributed by atoms with van der Waals surface area (Å²) in [6, 6.07) is 15.7. The summed E-state index contributed by atoms with van der Waals surface area (Å²) in [5.41, 5.74) is 3.12. The molecular weight excluding hydrogens is 354 g/mol. The van der Waals surface area contributed by atoms with E-state index in [1.165, 1.54) is 5.56 Å². The van der Waals surface area contributed by atoms with Gasteiger partial charge in [0.25, 0.3) is 0 Å². The predicted octanol–water partition coefficient (Wildman–Crippen LogP) is 3.28. The van der Waals surface area contributed by atoms with Crippen LogP contribution in [0.5, 0.6) is 5.75 Å². The van der Waals surface area contributed by atoms with Gasteiger partial charge in [-0.25, -0.2) is 4.79 Å². The van der Waals surface area contributed by atoms with Crippen LogP contribution in [0.1, 0.15) is 18.1 Å². The van der Waals surface area contributed by atoms with E-state index in [0.717, 1.165) is 56.3 Å². The third-order valence-electron chi connectivity index (χ3n) is 4.67. The van der Waals surface area contributed by atoms with Gasteiger partial charge in [0.15, 0.2) is 0 Å². The maximum atomic E-state index is 12.1. The number of urea groups is 1. The highest BCUT2D eigenvalue weighted by molar-refractivity contribution is 5.89. The highest BCUT2D eigenvalue weighted by Gasteiger charge is 2.10. The van der Waals surface area contributed by atoms with E-state index in [-0.39, 0.29) is 6.03 Å². The lowest BCUT2D eigenvalue weighted by molar-refractivity contribution is 0.0342. The molecule has 0 bridgehead atoms. The minimum atomic E-state index is -0.199. The van der Waals surface area contributed by atoms with Gasteiger partial charge in [-0.05, 0) is 42.7 Å². The lowest BCUT2D eigenvalue weighted by Gasteiger charge is -2.26. The SMILES string of the molecule is CCOc1ccccc1CCNC(=O)Nc1ccc(CN2CCOCC2)cc1. The Balaban J connectivity index is 1.42. The zero-order chi connectivity index (χ0) is 19.6. The molecule has 2 aromatic carbocycles. The van der Waals surface area contributed by atoms with Crippen molar-refractivity contribution in [2.24, 2.45) is 0 Å². The fourth-order valence-corrected chi connectivity index (χ4v) is 3.20. The van der Waals surface area contributed by atoms with Crippen LogP contribution in [0.3, 0.4) is 0 Å². The second kappa shape index (κ2) is 10.7. The smallest absolute Gasteiger partial charge is 0.319 e. The molecule has 6 nitrogen and oxygen atoms in total. The van der Waals surface area contributed by atoms with Gasteiger partial charge >= 0.3 is 6.03 Å². The number of hydrogen-bond donors (Lipinski definition) is 2. The molecule has 150 valence electrons. The molecule has 1 saturated heterocycles. The van der Waals surface area contributed by atoms with Crippen molar-refractivity contribution in [1.29, 1.82) is 0 Å². The first-order chi connectivity index (χ1) is 13.7. The number of nitrogens with one attached hydrogen (secondary N) is 2. The van der Waals surface area contributed by atoms with Gasteiger partial charge in [0.05, 0.1) is 19.8 Å². The first-order valence-electron chi connectivity index (χ1n) is 9.89. The lowest BCUT2D eigenvalue weighted by atomic mass is 10.1. The van der Waals surface area contributed by atoms with Crippen LogP contribution in [-0.4, -0.2) is 50.4 Å². The van der Waals surface area contributed by atoms with E-state index in [9.17, 15) is 4.79 Å². The number of ether oxygens (including phenoxy) is 2. The van der Waals surface area contributed by atoms with Gasteiger partial charge in [0.1, 0.15) is 5.75 Å². The Morgan fingerprint density at radius 1 is 1.11 bits per heavy atom. The van der Waals surface area contributed by atoms with Crippen LogP contribution in [-0.2, 0) is 17.7 Å². The number of nitrogens with zero attached hydrogens (tertiary/aromatic N) is 1. The van der Waals surface area contributed by atoms with Gasteiger partial charge in [-0.2, -0.15) is 0 Å². The largest absolute Gasteiger partial charge is 0.494 e. The number of carbonyl (C=O) groups excluding carboxylic acids is 1. The maximum absolute atomic E-state index is 12.1. The van der Waals surface area contributed by atoms with Crippen molar-refractivity contribution >= 4 is 11.7 Å². The molecule has 2 aromatic rings. The number of carbonyl (C=O) groups is 1. The van der Waals surface area contributed by atoms with E-state index < -0.39 is 0 Å². The Labute approximate surface area is 166 Å². The van der Waals surface area contributed by atoms with Gasteiger partial charge in [0, 0.05) is 31.9 Å². The molecule has 3 rings (SSSR count). The second-order valence-electron chi connectivity index (χ2n) is 6.76. The quantitative estimate of drug-likeness (QED) is 0.734. The van der Waals surface area contributed by atoms with Gasteiger partial charge in [0.2, 0.25) is 0 Å². The maximum Gasteiger partial charge on any atom is 0.319 e. The van der Waals surface area contributed by atoms with Crippen LogP contribution in [0.2, 0.25) is 0 Å². The highest BCUT2D eigenvalue weighted by Crippen LogP contribution is 2.18. The Hall–Kier alpha value is -2.57. The van der Waals surface area contributed by atoms with Gasteiger partial charge < -0.3 is 20.1 Å². The summed E-state index contributed by atoms with van der Waals surface area (Å²) < 4.78 is 11.0. The third-order valence-corrected chi connectivity index (χ3v) is 4.67. The van der Waals surface area contributed by atoms with Crippen LogP contribution < -0.4 is 15.4 Å². The zero-order valence-electron chi connectivity index (χ0n) is 16.4. The van der Waals surface area contributed by atoms with Crippen LogP contribution >= 0.6 is 0 Å². The van der Waals surface area contributed by atoms with E-state index >= 15 is 0 Å². The van der Waals surface area contributed by atoms with E-state index in [0.29, 0.717) is 13.2 Å². The minimum Gasteiger partial charge on any atom is -0.494 e. The predicted molar refractivity (Wildman–Crippen MR) is 111 cm³/mol. The van der Waals surface area contributed by atoms with E-state index in [4.69, 9.17) is 9.47 Å². The zero-order valence-corrected chi connectivity index (χ0v) is 16.4. The molecule has 1 fully saturated rings. The van der Waals surface area contributed by atoms with Crippen LogP contribution in [0.25, 0.3) is 0 Å². The van der Waals surface area contributed by atoms with Crippen LogP contribution in [0.4, 0.5) is 10.5 Å². The summed E-state index contributed by atoms with van der Waals surface area (Å²) in [4.78, 5) is 14.5. The monoisotopic (exact) mass is 383 g/mol. The number of anilines is 1. The molecule has 6 heteroatoms. The molecule has 0 saturated carbocycles. The number of benzene rings is 2. The van der Waals surface area contributed by atoms with Crippen LogP contribution in [0.15, 0.2) is 48.5 Å². The molecule has 0 aromatic heterocycles.